The molecule has 2 aromatic rings. The molecule has 0 saturated carbocycles. The lowest BCUT2D eigenvalue weighted by Crippen LogP contribution is -2.35. The van der Waals surface area contributed by atoms with E-state index in [0.717, 1.165) is 18.0 Å². The molecule has 0 amide bonds. The lowest BCUT2D eigenvalue weighted by atomic mass is 10.1. The second kappa shape index (κ2) is 7.12. The van der Waals surface area contributed by atoms with Gasteiger partial charge in [0.25, 0.3) is 0 Å². The molecule has 0 radical (unpaired) electrons. The largest absolute Gasteiger partial charge is 0.336 e. The number of imidazole rings is 1. The van der Waals surface area contributed by atoms with Gasteiger partial charge in [-0.05, 0) is 24.1 Å². The van der Waals surface area contributed by atoms with Crippen molar-refractivity contribution < 1.29 is 0 Å². The Bertz CT molecular complexity index is 479. The molecule has 2 unspecified atom stereocenters. The zero-order valence-electron chi connectivity index (χ0n) is 11.7. The summed E-state index contributed by atoms with van der Waals surface area (Å²) in [7, 11) is 2.06. The van der Waals surface area contributed by atoms with Crippen molar-refractivity contribution >= 4 is 23.1 Å². The first-order valence-electron chi connectivity index (χ1n) is 6.51. The van der Waals surface area contributed by atoms with Gasteiger partial charge in [0.2, 0.25) is 0 Å². The van der Waals surface area contributed by atoms with Crippen molar-refractivity contribution in [1.82, 2.24) is 14.9 Å². The fourth-order valence-electron chi connectivity index (χ4n) is 2.12. The highest BCUT2D eigenvalue weighted by atomic mass is 32.2. The van der Waals surface area contributed by atoms with Crippen LogP contribution < -0.4 is 5.32 Å². The first-order valence-corrected chi connectivity index (χ1v) is 8.79. The molecular formula is C14H21N3S2. The van der Waals surface area contributed by atoms with E-state index < -0.39 is 0 Å². The number of thiophene rings is 1. The molecule has 0 bridgehead atoms. The topological polar surface area (TPSA) is 29.9 Å². The average Bonchev–Trinajstić information content (AvgIpc) is 3.06. The van der Waals surface area contributed by atoms with Crippen LogP contribution >= 0.6 is 23.1 Å². The minimum absolute atomic E-state index is 0.192. The summed E-state index contributed by atoms with van der Waals surface area (Å²) < 4.78 is 2.10. The summed E-state index contributed by atoms with van der Waals surface area (Å²) in [5.74, 6) is 2.21. The zero-order valence-corrected chi connectivity index (χ0v) is 13.3. The Morgan fingerprint density at radius 3 is 2.89 bits per heavy atom. The lowest BCUT2D eigenvalue weighted by Gasteiger charge is -2.23. The van der Waals surface area contributed by atoms with Gasteiger partial charge < -0.3 is 4.57 Å². The molecule has 1 N–H and O–H groups in total. The van der Waals surface area contributed by atoms with Crippen molar-refractivity contribution in [3.05, 3.63) is 40.6 Å². The highest BCUT2D eigenvalue weighted by molar-refractivity contribution is 7.98. The summed E-state index contributed by atoms with van der Waals surface area (Å²) in [6.07, 6.45) is 7.17. The lowest BCUT2D eigenvalue weighted by molar-refractivity contribution is 0.475. The molecule has 0 spiro atoms. The Labute approximate surface area is 123 Å². The third kappa shape index (κ3) is 3.61. The fraction of sp³-hybridized carbons (Fsp3) is 0.500. The molecule has 0 aliphatic heterocycles. The van der Waals surface area contributed by atoms with E-state index in [1.165, 1.54) is 4.88 Å². The van der Waals surface area contributed by atoms with Gasteiger partial charge in [0.15, 0.2) is 0 Å². The number of hydrogen-bond acceptors (Lipinski definition) is 4. The quantitative estimate of drug-likeness (QED) is 0.850. The summed E-state index contributed by atoms with van der Waals surface area (Å²) in [5, 5.41) is 5.88. The maximum Gasteiger partial charge on any atom is 0.131 e. The summed E-state index contributed by atoms with van der Waals surface area (Å²) in [6, 6.07) is 4.99. The minimum Gasteiger partial charge on any atom is -0.336 e. The monoisotopic (exact) mass is 295 g/mol. The van der Waals surface area contributed by atoms with Crippen molar-refractivity contribution in [2.45, 2.75) is 25.4 Å². The molecule has 0 aliphatic rings. The van der Waals surface area contributed by atoms with Crippen LogP contribution in [-0.4, -0.2) is 27.6 Å². The maximum atomic E-state index is 4.52. The van der Waals surface area contributed by atoms with E-state index >= 15 is 0 Å². The molecule has 19 heavy (non-hydrogen) atoms. The van der Waals surface area contributed by atoms with Crippen LogP contribution in [0.1, 0.15) is 30.1 Å². The SMILES string of the molecule is CCC(CSC)NC(c1cccs1)c1nccn1C. The molecule has 2 rings (SSSR count). The van der Waals surface area contributed by atoms with Crippen molar-refractivity contribution in [3.8, 4) is 0 Å². The number of nitrogens with one attached hydrogen (secondary N) is 1. The van der Waals surface area contributed by atoms with E-state index in [1.54, 1.807) is 11.3 Å². The molecule has 104 valence electrons. The van der Waals surface area contributed by atoms with Gasteiger partial charge in [-0.2, -0.15) is 11.8 Å². The van der Waals surface area contributed by atoms with E-state index in [4.69, 9.17) is 0 Å². The molecule has 0 aromatic carbocycles. The Morgan fingerprint density at radius 2 is 2.37 bits per heavy atom. The van der Waals surface area contributed by atoms with Gasteiger partial charge in [-0.25, -0.2) is 4.98 Å². The van der Waals surface area contributed by atoms with Crippen LogP contribution in [0.4, 0.5) is 0 Å². The Hall–Kier alpha value is -0.780. The molecule has 0 saturated heterocycles. The van der Waals surface area contributed by atoms with Crippen molar-refractivity contribution in [3.63, 3.8) is 0 Å². The number of aromatic nitrogens is 2. The predicted molar refractivity (Wildman–Crippen MR) is 85.0 cm³/mol. The predicted octanol–water partition coefficient (Wildman–Crippen LogP) is 3.30. The summed E-state index contributed by atoms with van der Waals surface area (Å²) >= 11 is 3.67. The van der Waals surface area contributed by atoms with Gasteiger partial charge in [-0.15, -0.1) is 11.3 Å². The normalized spacial score (nSPS) is 14.5. The third-order valence-corrected chi connectivity index (χ3v) is 4.88. The van der Waals surface area contributed by atoms with Crippen LogP contribution in [0, 0.1) is 0 Å². The van der Waals surface area contributed by atoms with Crippen LogP contribution in [0.25, 0.3) is 0 Å². The first-order chi connectivity index (χ1) is 9.26. The second-order valence-corrected chi connectivity index (χ2v) is 6.46. The number of hydrogen-bond donors (Lipinski definition) is 1. The van der Waals surface area contributed by atoms with E-state index in [0.29, 0.717) is 6.04 Å². The average molecular weight is 295 g/mol. The molecule has 2 heterocycles. The van der Waals surface area contributed by atoms with Crippen molar-refractivity contribution in [1.29, 1.82) is 0 Å². The van der Waals surface area contributed by atoms with Crippen LogP contribution in [0.15, 0.2) is 29.9 Å². The molecule has 0 fully saturated rings. The smallest absolute Gasteiger partial charge is 0.131 e. The van der Waals surface area contributed by atoms with E-state index in [1.807, 2.05) is 24.2 Å². The summed E-state index contributed by atoms with van der Waals surface area (Å²) in [4.78, 5) is 5.85. The van der Waals surface area contributed by atoms with Crippen LogP contribution in [-0.2, 0) is 7.05 Å². The first kappa shape index (κ1) is 14.6. The summed E-state index contributed by atoms with van der Waals surface area (Å²) in [6.45, 7) is 2.23. The number of rotatable bonds is 7. The fourth-order valence-corrected chi connectivity index (χ4v) is 3.63. The Morgan fingerprint density at radius 1 is 1.53 bits per heavy atom. The van der Waals surface area contributed by atoms with Gasteiger partial charge in [0.05, 0.1) is 0 Å². The molecule has 0 aliphatic carbocycles. The van der Waals surface area contributed by atoms with E-state index in [9.17, 15) is 0 Å². The minimum atomic E-state index is 0.192. The van der Waals surface area contributed by atoms with E-state index in [2.05, 4.69) is 52.6 Å². The van der Waals surface area contributed by atoms with Gasteiger partial charge in [0.1, 0.15) is 11.9 Å². The molecule has 5 heteroatoms. The Balaban J connectivity index is 2.23. The molecule has 2 aromatic heterocycles. The van der Waals surface area contributed by atoms with Crippen LogP contribution in [0.5, 0.6) is 0 Å². The Kier molecular flexibility index (Phi) is 5.48. The standard InChI is InChI=1S/C14H21N3S2/c1-4-11(10-18-3)16-13(12-6-5-9-19-12)14-15-7-8-17(14)2/h5-9,11,13,16H,4,10H2,1-3H3. The van der Waals surface area contributed by atoms with Gasteiger partial charge in [0, 0.05) is 36.1 Å². The second-order valence-electron chi connectivity index (χ2n) is 4.57. The van der Waals surface area contributed by atoms with Gasteiger partial charge >= 0.3 is 0 Å². The van der Waals surface area contributed by atoms with Crippen LogP contribution in [0.3, 0.4) is 0 Å². The highest BCUT2D eigenvalue weighted by Gasteiger charge is 2.21. The molecule has 2 atom stereocenters. The van der Waals surface area contributed by atoms with Gasteiger partial charge in [-0.3, -0.25) is 5.32 Å². The van der Waals surface area contributed by atoms with Crippen molar-refractivity contribution in [2.75, 3.05) is 12.0 Å². The van der Waals surface area contributed by atoms with Gasteiger partial charge in [-0.1, -0.05) is 13.0 Å². The number of thioether (sulfide) groups is 1. The molecule has 3 nitrogen and oxygen atoms in total. The number of aryl methyl sites for hydroxylation is 1. The number of nitrogens with zero attached hydrogens (tertiary/aromatic N) is 2. The zero-order chi connectivity index (χ0) is 13.7. The van der Waals surface area contributed by atoms with E-state index in [-0.39, 0.29) is 6.04 Å². The summed E-state index contributed by atoms with van der Waals surface area (Å²) in [5.41, 5.74) is 0. The molecular weight excluding hydrogens is 274 g/mol. The van der Waals surface area contributed by atoms with Crippen LogP contribution in [0.2, 0.25) is 0 Å². The van der Waals surface area contributed by atoms with Crippen molar-refractivity contribution in [2.24, 2.45) is 7.05 Å². The maximum absolute atomic E-state index is 4.52. The third-order valence-electron chi connectivity index (χ3n) is 3.21. The highest BCUT2D eigenvalue weighted by Crippen LogP contribution is 2.25.